The Morgan fingerprint density at radius 1 is 0.789 bits per heavy atom. The number of rotatable bonds is 10. The molecule has 0 aliphatic rings. The average Bonchev–Trinajstić information content (AvgIpc) is 2.25. The normalized spacial score (nSPS) is 10.3. The fraction of sp³-hybridized carbons (Fsp3) is 1.00. The summed E-state index contributed by atoms with van der Waals surface area (Å²) >= 11 is 0. The number of hydrogen-bond donors (Lipinski definition) is 1. The Morgan fingerprint density at radius 2 is 1.05 bits per heavy atom. The molecule has 0 aliphatic carbocycles. The van der Waals surface area contributed by atoms with Crippen molar-refractivity contribution in [3.8, 4) is 0 Å². The van der Waals surface area contributed by atoms with Gasteiger partial charge in [-0.25, -0.2) is 0 Å². The summed E-state index contributed by atoms with van der Waals surface area (Å²) in [7, 11) is -5.17. The van der Waals surface area contributed by atoms with Crippen molar-refractivity contribution in [1.29, 1.82) is 0 Å². The first-order chi connectivity index (χ1) is 8.41. The molecule has 0 saturated carbocycles. The second kappa shape index (κ2) is 18.6. The Bertz CT molecular complexity index is 227. The van der Waals surface area contributed by atoms with Crippen molar-refractivity contribution in [1.82, 2.24) is 0 Å². The van der Waals surface area contributed by atoms with E-state index in [1.807, 2.05) is 0 Å². The first-order valence-electron chi connectivity index (χ1n) is 6.69. The minimum atomic E-state index is -5.17. The minimum Gasteiger partial charge on any atom is -0.759 e. The van der Waals surface area contributed by atoms with Crippen molar-refractivity contribution in [2.45, 2.75) is 71.1 Å². The molecule has 0 unspecified atom stereocenters. The maximum absolute atomic E-state index is 8.57. The summed E-state index contributed by atoms with van der Waals surface area (Å²) in [5, 5.41) is 8.57. The van der Waals surface area contributed by atoms with Gasteiger partial charge in [0.2, 0.25) is 0 Å². The summed E-state index contributed by atoms with van der Waals surface area (Å²) in [6, 6.07) is 0. The van der Waals surface area contributed by atoms with Gasteiger partial charge >= 0.3 is 23.1 Å². The van der Waals surface area contributed by atoms with Gasteiger partial charge in [-0.15, -0.1) is 0 Å². The molecule has 0 atom stereocenters. The van der Waals surface area contributed by atoms with E-state index in [1.165, 1.54) is 57.8 Å². The Hall–Kier alpha value is 0.596. The van der Waals surface area contributed by atoms with Crippen molar-refractivity contribution >= 4 is 33.5 Å². The van der Waals surface area contributed by atoms with Crippen LogP contribution in [-0.2, 0) is 10.4 Å². The first-order valence-corrected chi connectivity index (χ1v) is 8.02. The van der Waals surface area contributed by atoms with Crippen molar-refractivity contribution in [2.75, 3.05) is 6.61 Å². The van der Waals surface area contributed by atoms with Gasteiger partial charge in [-0.3, -0.25) is 8.42 Å². The van der Waals surface area contributed by atoms with Crippen LogP contribution in [0.5, 0.6) is 0 Å². The predicted octanol–water partition coefficient (Wildman–Crippen LogP) is 2.18. The Morgan fingerprint density at radius 3 is 1.32 bits per heavy atom. The van der Waals surface area contributed by atoms with Crippen molar-refractivity contribution < 1.29 is 22.6 Å². The van der Waals surface area contributed by atoms with Crippen molar-refractivity contribution in [3.63, 3.8) is 0 Å². The molecule has 0 bridgehead atoms. The third-order valence-electron chi connectivity index (χ3n) is 2.51. The molecule has 19 heavy (non-hydrogen) atoms. The number of hydrogen-bond acceptors (Lipinski definition) is 5. The third-order valence-corrected chi connectivity index (χ3v) is 2.51. The number of aliphatic hydroxyl groups excluding tert-OH is 1. The molecule has 1 N–H and O–H groups in total. The molecule has 0 rings (SSSR count). The molecule has 7 heteroatoms. The molecule has 0 aromatic rings. The van der Waals surface area contributed by atoms with Gasteiger partial charge in [0.05, 0.1) is 0 Å². The Kier molecular flexibility index (Phi) is 24.1. The topological polar surface area (TPSA) is 100 Å². The first kappa shape index (κ1) is 24.6. The Labute approximate surface area is 133 Å². The van der Waals surface area contributed by atoms with Gasteiger partial charge in [-0.1, -0.05) is 64.7 Å². The van der Waals surface area contributed by atoms with Crippen LogP contribution in [0.25, 0.3) is 0 Å². The summed E-state index contributed by atoms with van der Waals surface area (Å²) in [6.45, 7) is 2.63. The van der Waals surface area contributed by atoms with Gasteiger partial charge in [0, 0.05) is 17.0 Å². The molecule has 0 aromatic heterocycles. The zero-order chi connectivity index (χ0) is 14.3. The van der Waals surface area contributed by atoms with Gasteiger partial charge in [0.1, 0.15) is 0 Å². The van der Waals surface area contributed by atoms with Crippen LogP contribution in [0.1, 0.15) is 71.1 Å². The van der Waals surface area contributed by atoms with Crippen LogP contribution in [0.2, 0.25) is 0 Å². The molecule has 0 fully saturated rings. The van der Waals surface area contributed by atoms with E-state index in [0.29, 0.717) is 6.61 Å². The van der Waals surface area contributed by atoms with Crippen LogP contribution in [0.15, 0.2) is 0 Å². The molecular formula is C12H26MgO5S. The largest absolute Gasteiger partial charge is 2.00 e. The van der Waals surface area contributed by atoms with E-state index in [2.05, 4.69) is 6.92 Å². The van der Waals surface area contributed by atoms with E-state index in [0.717, 1.165) is 6.42 Å². The van der Waals surface area contributed by atoms with Crippen molar-refractivity contribution in [3.05, 3.63) is 0 Å². The molecule has 5 nitrogen and oxygen atoms in total. The fourth-order valence-corrected chi connectivity index (χ4v) is 1.60. The van der Waals surface area contributed by atoms with Crippen LogP contribution in [-0.4, -0.2) is 52.3 Å². The number of aliphatic hydroxyl groups is 1. The van der Waals surface area contributed by atoms with E-state index in [4.69, 9.17) is 22.6 Å². The molecule has 0 saturated heterocycles. The van der Waals surface area contributed by atoms with Gasteiger partial charge in [-0.2, -0.15) is 0 Å². The molecule has 0 aliphatic heterocycles. The zero-order valence-electron chi connectivity index (χ0n) is 12.0. The van der Waals surface area contributed by atoms with Gasteiger partial charge in [0.25, 0.3) is 0 Å². The minimum absolute atomic E-state index is 0. The smallest absolute Gasteiger partial charge is 0.759 e. The summed E-state index contributed by atoms with van der Waals surface area (Å²) in [5.74, 6) is 0. The summed E-state index contributed by atoms with van der Waals surface area (Å²) in [6.07, 6.45) is 13.3. The monoisotopic (exact) mass is 306 g/mol. The third kappa shape index (κ3) is 45.6. The maximum Gasteiger partial charge on any atom is 2.00 e. The van der Waals surface area contributed by atoms with E-state index >= 15 is 0 Å². The second-order valence-corrected chi connectivity index (χ2v) is 5.13. The van der Waals surface area contributed by atoms with Gasteiger partial charge < -0.3 is 14.2 Å². The average molecular weight is 307 g/mol. The van der Waals surface area contributed by atoms with Crippen LogP contribution in [0.3, 0.4) is 0 Å². The van der Waals surface area contributed by atoms with Gasteiger partial charge in [0.15, 0.2) is 0 Å². The zero-order valence-corrected chi connectivity index (χ0v) is 14.2. The van der Waals surface area contributed by atoms with E-state index < -0.39 is 10.4 Å². The standard InChI is InChI=1S/C12H26O.Mg.H2O4S/c1-2-3-4-5-6-7-8-9-10-11-12-13;;1-5(2,3)4/h13H,2-12H2,1H3;;(H2,1,2,3,4)/q;+2;/p-2. The van der Waals surface area contributed by atoms with E-state index in [1.54, 1.807) is 0 Å². The molecule has 0 spiro atoms. The SMILES string of the molecule is CCCCCCCCCCCCO.O=S(=O)([O-])[O-].[Mg+2]. The quantitative estimate of drug-likeness (QED) is 0.288. The van der Waals surface area contributed by atoms with Crippen LogP contribution in [0.4, 0.5) is 0 Å². The summed E-state index contributed by atoms with van der Waals surface area (Å²) in [5.41, 5.74) is 0. The summed E-state index contributed by atoms with van der Waals surface area (Å²) < 4.78 is 34.1. The second-order valence-electron chi connectivity index (χ2n) is 4.31. The molecule has 0 amide bonds. The maximum atomic E-state index is 8.57. The molecular weight excluding hydrogens is 280 g/mol. The molecule has 0 heterocycles. The van der Waals surface area contributed by atoms with Crippen LogP contribution >= 0.6 is 0 Å². The van der Waals surface area contributed by atoms with Crippen molar-refractivity contribution in [2.24, 2.45) is 0 Å². The molecule has 112 valence electrons. The van der Waals surface area contributed by atoms with Gasteiger partial charge in [-0.05, 0) is 6.42 Å². The Balaban J connectivity index is -0.000000366. The number of unbranched alkanes of at least 4 members (excludes halogenated alkanes) is 9. The van der Waals surface area contributed by atoms with E-state index in [9.17, 15) is 0 Å². The fourth-order valence-electron chi connectivity index (χ4n) is 1.60. The van der Waals surface area contributed by atoms with E-state index in [-0.39, 0.29) is 23.1 Å². The van der Waals surface area contributed by atoms with Crippen LogP contribution in [0, 0.1) is 0 Å². The van der Waals surface area contributed by atoms with Crippen LogP contribution < -0.4 is 0 Å². The molecule has 0 radical (unpaired) electrons. The molecule has 0 aromatic carbocycles. The summed E-state index contributed by atoms with van der Waals surface area (Å²) in [4.78, 5) is 0. The predicted molar refractivity (Wildman–Crippen MR) is 75.2 cm³/mol.